The van der Waals surface area contributed by atoms with Gasteiger partial charge >= 0.3 is 0 Å². The molecule has 6 nitrogen and oxygen atoms in total. The minimum atomic E-state index is -3.74. The van der Waals surface area contributed by atoms with E-state index in [-0.39, 0.29) is 35.3 Å². The number of amides is 1. The summed E-state index contributed by atoms with van der Waals surface area (Å²) in [6.07, 6.45) is 1.94. The summed E-state index contributed by atoms with van der Waals surface area (Å²) in [7, 11) is -3.74. The summed E-state index contributed by atoms with van der Waals surface area (Å²) >= 11 is 0. The lowest BCUT2D eigenvalue weighted by atomic mass is 10.1. The Kier molecular flexibility index (Phi) is 8.00. The smallest absolute Gasteiger partial charge is 0.251 e. The van der Waals surface area contributed by atoms with Gasteiger partial charge in [0.25, 0.3) is 5.91 Å². The van der Waals surface area contributed by atoms with Crippen LogP contribution in [-0.4, -0.2) is 33.5 Å². The number of hydrogen-bond donors (Lipinski definition) is 3. The van der Waals surface area contributed by atoms with E-state index in [9.17, 15) is 13.2 Å². The maximum atomic E-state index is 12.7. The summed E-state index contributed by atoms with van der Waals surface area (Å²) in [6.45, 7) is 3.49. The molecule has 8 heteroatoms. The summed E-state index contributed by atoms with van der Waals surface area (Å²) in [5.74, 6) is -0.253. The minimum Gasteiger partial charge on any atom is -0.348 e. The number of sulfonamides is 1. The molecule has 1 amide bonds. The van der Waals surface area contributed by atoms with Gasteiger partial charge in [-0.15, -0.1) is 12.4 Å². The van der Waals surface area contributed by atoms with Crippen molar-refractivity contribution in [3.05, 3.63) is 65.7 Å². The van der Waals surface area contributed by atoms with Crippen molar-refractivity contribution in [2.24, 2.45) is 0 Å². The van der Waals surface area contributed by atoms with Gasteiger partial charge in [-0.2, -0.15) is 0 Å². The van der Waals surface area contributed by atoms with Crippen molar-refractivity contribution in [2.45, 2.75) is 36.7 Å². The van der Waals surface area contributed by atoms with E-state index in [2.05, 4.69) is 15.4 Å². The molecular weight excluding hydrogens is 398 g/mol. The zero-order chi connectivity index (χ0) is 19.3. The molecule has 2 unspecified atom stereocenters. The number of halogens is 1. The van der Waals surface area contributed by atoms with Crippen LogP contribution in [0.4, 0.5) is 0 Å². The Hall–Kier alpha value is -1.93. The molecule has 152 valence electrons. The third-order valence-corrected chi connectivity index (χ3v) is 6.21. The Morgan fingerprint density at radius 3 is 2.57 bits per heavy atom. The van der Waals surface area contributed by atoms with E-state index >= 15 is 0 Å². The number of rotatable bonds is 6. The van der Waals surface area contributed by atoms with Crippen LogP contribution in [0.1, 0.15) is 41.7 Å². The molecule has 0 aromatic heterocycles. The molecule has 1 saturated heterocycles. The second-order valence-corrected chi connectivity index (χ2v) is 8.51. The SMILES string of the molecule is CC(NS(=O)(=O)c1cccc(C(=O)NC2CCCNC2)c1)c1ccccc1.Cl. The summed E-state index contributed by atoms with van der Waals surface area (Å²) in [5, 5.41) is 6.21. The van der Waals surface area contributed by atoms with Gasteiger partial charge in [0.15, 0.2) is 0 Å². The predicted molar refractivity (Wildman–Crippen MR) is 112 cm³/mol. The molecule has 1 heterocycles. The third kappa shape index (κ3) is 5.78. The normalized spacial score (nSPS) is 18.0. The fraction of sp³-hybridized carbons (Fsp3) is 0.350. The first kappa shape index (κ1) is 22.4. The number of benzene rings is 2. The maximum absolute atomic E-state index is 12.7. The van der Waals surface area contributed by atoms with Gasteiger partial charge in [-0.05, 0) is 50.1 Å². The number of nitrogens with one attached hydrogen (secondary N) is 3. The van der Waals surface area contributed by atoms with Crippen LogP contribution in [0.25, 0.3) is 0 Å². The largest absolute Gasteiger partial charge is 0.348 e. The van der Waals surface area contributed by atoms with Crippen LogP contribution in [0.2, 0.25) is 0 Å². The van der Waals surface area contributed by atoms with Crippen LogP contribution < -0.4 is 15.4 Å². The highest BCUT2D eigenvalue weighted by Crippen LogP contribution is 2.18. The molecule has 0 aliphatic carbocycles. The minimum absolute atomic E-state index is 0. The molecule has 1 fully saturated rings. The second kappa shape index (κ2) is 10.0. The first-order valence-corrected chi connectivity index (χ1v) is 10.6. The number of piperidine rings is 1. The quantitative estimate of drug-likeness (QED) is 0.666. The molecule has 0 bridgehead atoms. The van der Waals surface area contributed by atoms with Gasteiger partial charge in [0.05, 0.1) is 4.90 Å². The van der Waals surface area contributed by atoms with Crippen molar-refractivity contribution in [1.29, 1.82) is 0 Å². The van der Waals surface area contributed by atoms with E-state index in [1.54, 1.807) is 19.1 Å². The molecule has 0 saturated carbocycles. The first-order chi connectivity index (χ1) is 13.0. The molecule has 2 aromatic rings. The maximum Gasteiger partial charge on any atom is 0.251 e. The average molecular weight is 424 g/mol. The Labute approximate surface area is 172 Å². The van der Waals surface area contributed by atoms with Crippen LogP contribution in [0.5, 0.6) is 0 Å². The molecular formula is C20H26ClN3O3S. The molecule has 2 atom stereocenters. The molecule has 1 aliphatic heterocycles. The molecule has 2 aromatic carbocycles. The summed E-state index contributed by atoms with van der Waals surface area (Å²) in [6, 6.07) is 15.2. The van der Waals surface area contributed by atoms with Crippen molar-refractivity contribution in [2.75, 3.05) is 13.1 Å². The van der Waals surface area contributed by atoms with Crippen LogP contribution >= 0.6 is 12.4 Å². The Bertz CT molecular complexity index is 885. The van der Waals surface area contributed by atoms with Crippen LogP contribution in [0.15, 0.2) is 59.5 Å². The highest BCUT2D eigenvalue weighted by molar-refractivity contribution is 7.89. The van der Waals surface area contributed by atoms with Gasteiger partial charge in [0.2, 0.25) is 10.0 Å². The lowest BCUT2D eigenvalue weighted by Crippen LogP contribution is -2.45. The topological polar surface area (TPSA) is 87.3 Å². The van der Waals surface area contributed by atoms with Crippen LogP contribution in [0.3, 0.4) is 0 Å². The lowest BCUT2D eigenvalue weighted by molar-refractivity contribution is 0.0930. The molecule has 3 rings (SSSR count). The van der Waals surface area contributed by atoms with E-state index in [0.29, 0.717) is 5.56 Å². The van der Waals surface area contributed by atoms with Gasteiger partial charge in [0, 0.05) is 24.2 Å². The molecule has 0 spiro atoms. The van der Waals surface area contributed by atoms with Crippen LogP contribution in [-0.2, 0) is 10.0 Å². The number of carbonyl (C=O) groups excluding carboxylic acids is 1. The van der Waals surface area contributed by atoms with Gasteiger partial charge in [0.1, 0.15) is 0 Å². The molecule has 28 heavy (non-hydrogen) atoms. The lowest BCUT2D eigenvalue weighted by Gasteiger charge is -2.23. The standard InChI is InChI=1S/C20H25N3O3S.ClH/c1-15(16-7-3-2-4-8-16)23-27(25,26)19-11-5-9-17(13-19)20(24)22-18-10-6-12-21-14-18;/h2-5,7-9,11,13,15,18,21,23H,6,10,12,14H2,1H3,(H,22,24);1H. The van der Waals surface area contributed by atoms with Crippen molar-refractivity contribution < 1.29 is 13.2 Å². The summed E-state index contributed by atoms with van der Waals surface area (Å²) < 4.78 is 28.1. The van der Waals surface area contributed by atoms with Crippen molar-refractivity contribution in [3.63, 3.8) is 0 Å². The molecule has 1 aliphatic rings. The van der Waals surface area contributed by atoms with Crippen molar-refractivity contribution in [3.8, 4) is 0 Å². The zero-order valence-corrected chi connectivity index (χ0v) is 17.4. The average Bonchev–Trinajstić information content (AvgIpc) is 2.69. The van der Waals surface area contributed by atoms with Gasteiger partial charge in [-0.3, -0.25) is 4.79 Å². The number of carbonyl (C=O) groups is 1. The van der Waals surface area contributed by atoms with Gasteiger partial charge < -0.3 is 10.6 Å². The van der Waals surface area contributed by atoms with Gasteiger partial charge in [-0.1, -0.05) is 36.4 Å². The molecule has 0 radical (unpaired) electrons. The Morgan fingerprint density at radius 2 is 1.89 bits per heavy atom. The van der Waals surface area contributed by atoms with E-state index < -0.39 is 10.0 Å². The second-order valence-electron chi connectivity index (χ2n) is 6.80. The zero-order valence-electron chi connectivity index (χ0n) is 15.7. The summed E-state index contributed by atoms with van der Waals surface area (Å²) in [4.78, 5) is 12.6. The fourth-order valence-electron chi connectivity index (χ4n) is 3.16. The van der Waals surface area contributed by atoms with Crippen molar-refractivity contribution >= 4 is 28.3 Å². The van der Waals surface area contributed by atoms with E-state index in [4.69, 9.17) is 0 Å². The molecule has 3 N–H and O–H groups in total. The highest BCUT2D eigenvalue weighted by atomic mass is 35.5. The monoisotopic (exact) mass is 423 g/mol. The van der Waals surface area contributed by atoms with Crippen LogP contribution in [0, 0.1) is 0 Å². The van der Waals surface area contributed by atoms with E-state index in [0.717, 1.165) is 31.5 Å². The van der Waals surface area contributed by atoms with Crippen molar-refractivity contribution in [1.82, 2.24) is 15.4 Å². The summed E-state index contributed by atoms with van der Waals surface area (Å²) in [5.41, 5.74) is 1.22. The Balaban J connectivity index is 0.00000280. The van der Waals surface area contributed by atoms with E-state index in [1.165, 1.54) is 12.1 Å². The predicted octanol–water partition coefficient (Wildman–Crippen LogP) is 2.63. The first-order valence-electron chi connectivity index (χ1n) is 9.14. The van der Waals surface area contributed by atoms with E-state index in [1.807, 2.05) is 30.3 Å². The van der Waals surface area contributed by atoms with Gasteiger partial charge in [-0.25, -0.2) is 13.1 Å². The number of hydrogen-bond acceptors (Lipinski definition) is 4. The highest BCUT2D eigenvalue weighted by Gasteiger charge is 2.21. The Morgan fingerprint density at radius 1 is 1.14 bits per heavy atom. The third-order valence-electron chi connectivity index (χ3n) is 4.67. The fourth-order valence-corrected chi connectivity index (χ4v) is 4.44.